The van der Waals surface area contributed by atoms with Crippen LogP contribution in [0.25, 0.3) is 0 Å². The van der Waals surface area contributed by atoms with Crippen molar-refractivity contribution in [2.24, 2.45) is 0 Å². The number of anilines is 1. The van der Waals surface area contributed by atoms with Crippen molar-refractivity contribution in [1.82, 2.24) is 4.98 Å². The van der Waals surface area contributed by atoms with Crippen LogP contribution < -0.4 is 5.32 Å². The second kappa shape index (κ2) is 5.67. The Balaban J connectivity index is 2.23. The van der Waals surface area contributed by atoms with E-state index in [0.29, 0.717) is 12.2 Å². The molecule has 0 aliphatic carbocycles. The highest BCUT2D eigenvalue weighted by atomic mass is 35.5. The monoisotopic (exact) mass is 277 g/mol. The number of nitrogens with zero attached hydrogens (tertiary/aromatic N) is 2. The van der Waals surface area contributed by atoms with E-state index in [9.17, 15) is 10.1 Å². The lowest BCUT2D eigenvalue weighted by Gasteiger charge is -2.09. The zero-order valence-electron chi connectivity index (χ0n) is 10.3. The summed E-state index contributed by atoms with van der Waals surface area (Å²) in [5.74, 6) is 0. The highest BCUT2D eigenvalue weighted by Gasteiger charge is 2.17. The number of para-hydroxylation sites is 1. The number of pyridine rings is 1. The summed E-state index contributed by atoms with van der Waals surface area (Å²) in [5, 5.41) is 14.2. The van der Waals surface area contributed by atoms with E-state index in [1.54, 1.807) is 24.5 Å². The van der Waals surface area contributed by atoms with Crippen LogP contribution in [-0.4, -0.2) is 9.91 Å². The molecule has 19 heavy (non-hydrogen) atoms. The Hall–Kier alpha value is -2.14. The fourth-order valence-electron chi connectivity index (χ4n) is 1.73. The summed E-state index contributed by atoms with van der Waals surface area (Å²) in [4.78, 5) is 14.5. The molecule has 2 aromatic rings. The van der Waals surface area contributed by atoms with E-state index in [1.807, 2.05) is 13.0 Å². The summed E-state index contributed by atoms with van der Waals surface area (Å²) in [6, 6.07) is 6.69. The van der Waals surface area contributed by atoms with Gasteiger partial charge in [-0.05, 0) is 36.2 Å². The molecule has 0 saturated carbocycles. The summed E-state index contributed by atoms with van der Waals surface area (Å²) in [7, 11) is 0. The van der Waals surface area contributed by atoms with Crippen LogP contribution in [0.4, 0.5) is 11.4 Å². The highest BCUT2D eigenvalue weighted by Crippen LogP contribution is 2.32. The molecule has 98 valence electrons. The standard InChI is InChI=1S/C13H12ClN3O2/c1-9-7-15-6-5-10(9)8-16-12-4-2-3-11(14)13(12)17(18)19/h2-7,16H,8H2,1H3. The van der Waals surface area contributed by atoms with Gasteiger partial charge in [-0.15, -0.1) is 0 Å². The minimum Gasteiger partial charge on any atom is -0.375 e. The van der Waals surface area contributed by atoms with E-state index in [4.69, 9.17) is 11.6 Å². The fourth-order valence-corrected chi connectivity index (χ4v) is 1.98. The maximum Gasteiger partial charge on any atom is 0.310 e. The summed E-state index contributed by atoms with van der Waals surface area (Å²) in [6.07, 6.45) is 3.44. The molecule has 5 nitrogen and oxygen atoms in total. The Morgan fingerprint density at radius 1 is 1.42 bits per heavy atom. The quantitative estimate of drug-likeness (QED) is 0.685. The highest BCUT2D eigenvalue weighted by molar-refractivity contribution is 6.33. The largest absolute Gasteiger partial charge is 0.375 e. The molecule has 0 unspecified atom stereocenters. The first-order chi connectivity index (χ1) is 9.09. The topological polar surface area (TPSA) is 68.1 Å². The summed E-state index contributed by atoms with van der Waals surface area (Å²) in [5.41, 5.74) is 2.37. The third-order valence-corrected chi connectivity index (χ3v) is 3.08. The number of aryl methyl sites for hydroxylation is 1. The summed E-state index contributed by atoms with van der Waals surface area (Å²) < 4.78 is 0. The second-order valence-electron chi connectivity index (χ2n) is 4.05. The van der Waals surface area contributed by atoms with Crippen molar-refractivity contribution < 1.29 is 4.92 Å². The van der Waals surface area contributed by atoms with Crippen LogP contribution >= 0.6 is 11.6 Å². The van der Waals surface area contributed by atoms with Crippen molar-refractivity contribution in [3.63, 3.8) is 0 Å². The van der Waals surface area contributed by atoms with Gasteiger partial charge in [-0.3, -0.25) is 15.1 Å². The molecule has 2 rings (SSSR count). The molecular weight excluding hydrogens is 266 g/mol. The number of benzene rings is 1. The molecule has 1 heterocycles. The fraction of sp³-hybridized carbons (Fsp3) is 0.154. The van der Waals surface area contributed by atoms with Gasteiger partial charge in [0.25, 0.3) is 0 Å². The Morgan fingerprint density at radius 3 is 2.89 bits per heavy atom. The molecule has 1 aromatic carbocycles. The minimum atomic E-state index is -0.482. The molecule has 1 N–H and O–H groups in total. The molecule has 0 amide bonds. The molecule has 6 heteroatoms. The van der Waals surface area contributed by atoms with Crippen molar-refractivity contribution in [1.29, 1.82) is 0 Å². The van der Waals surface area contributed by atoms with E-state index >= 15 is 0 Å². The third kappa shape index (κ3) is 3.00. The lowest BCUT2D eigenvalue weighted by molar-refractivity contribution is -0.383. The van der Waals surface area contributed by atoms with Crippen molar-refractivity contribution in [2.45, 2.75) is 13.5 Å². The predicted molar refractivity (Wildman–Crippen MR) is 74.4 cm³/mol. The SMILES string of the molecule is Cc1cnccc1CNc1cccc(Cl)c1[N+](=O)[O-]. The Morgan fingerprint density at radius 2 is 2.21 bits per heavy atom. The van der Waals surface area contributed by atoms with Crippen LogP contribution in [0.1, 0.15) is 11.1 Å². The molecular formula is C13H12ClN3O2. The van der Waals surface area contributed by atoms with Crippen molar-refractivity contribution in [2.75, 3.05) is 5.32 Å². The molecule has 0 aliphatic rings. The average molecular weight is 278 g/mol. The smallest absolute Gasteiger partial charge is 0.310 e. The maximum absolute atomic E-state index is 11.0. The predicted octanol–water partition coefficient (Wildman–Crippen LogP) is 3.56. The Bertz CT molecular complexity index is 617. The first kappa shape index (κ1) is 13.3. The van der Waals surface area contributed by atoms with Crippen molar-refractivity contribution >= 4 is 23.0 Å². The molecule has 0 aliphatic heterocycles. The van der Waals surface area contributed by atoms with Gasteiger partial charge >= 0.3 is 5.69 Å². The van der Waals surface area contributed by atoms with Crippen LogP contribution in [-0.2, 0) is 6.54 Å². The minimum absolute atomic E-state index is 0.101. The first-order valence-electron chi connectivity index (χ1n) is 5.66. The van der Waals surface area contributed by atoms with Crippen molar-refractivity contribution in [3.8, 4) is 0 Å². The van der Waals surface area contributed by atoms with E-state index in [1.165, 1.54) is 6.07 Å². The number of rotatable bonds is 4. The molecule has 0 fully saturated rings. The van der Waals surface area contributed by atoms with Crippen molar-refractivity contribution in [3.05, 3.63) is 62.9 Å². The number of nitro groups is 1. The van der Waals surface area contributed by atoms with Crippen LogP contribution in [0.15, 0.2) is 36.7 Å². The van der Waals surface area contributed by atoms with Gasteiger partial charge in [-0.25, -0.2) is 0 Å². The molecule has 0 radical (unpaired) electrons. The van der Waals surface area contributed by atoms with Gasteiger partial charge < -0.3 is 5.32 Å². The Labute approximate surface area is 115 Å². The molecule has 0 spiro atoms. The third-order valence-electron chi connectivity index (χ3n) is 2.78. The van der Waals surface area contributed by atoms with E-state index in [-0.39, 0.29) is 10.7 Å². The first-order valence-corrected chi connectivity index (χ1v) is 6.03. The molecule has 0 saturated heterocycles. The van der Waals surface area contributed by atoms with Crippen LogP contribution in [0, 0.1) is 17.0 Å². The molecule has 1 aromatic heterocycles. The number of hydrogen-bond donors (Lipinski definition) is 1. The Kier molecular flexibility index (Phi) is 3.97. The lowest BCUT2D eigenvalue weighted by Crippen LogP contribution is -2.04. The maximum atomic E-state index is 11.0. The zero-order valence-corrected chi connectivity index (χ0v) is 11.0. The molecule has 0 bridgehead atoms. The van der Waals surface area contributed by atoms with Gasteiger partial charge in [0, 0.05) is 18.9 Å². The second-order valence-corrected chi connectivity index (χ2v) is 4.46. The van der Waals surface area contributed by atoms with Crippen LogP contribution in [0.2, 0.25) is 5.02 Å². The van der Waals surface area contributed by atoms with Gasteiger partial charge in [-0.1, -0.05) is 17.7 Å². The number of hydrogen-bond acceptors (Lipinski definition) is 4. The number of nitro benzene ring substituents is 1. The normalized spacial score (nSPS) is 10.2. The zero-order chi connectivity index (χ0) is 13.8. The van der Waals surface area contributed by atoms with Crippen LogP contribution in [0.3, 0.4) is 0 Å². The number of nitrogens with one attached hydrogen (secondary N) is 1. The van der Waals surface area contributed by atoms with Gasteiger partial charge in [0.05, 0.1) is 4.92 Å². The average Bonchev–Trinajstić information content (AvgIpc) is 2.37. The lowest BCUT2D eigenvalue weighted by atomic mass is 10.1. The summed E-state index contributed by atoms with van der Waals surface area (Å²) >= 11 is 5.85. The van der Waals surface area contributed by atoms with E-state index < -0.39 is 4.92 Å². The number of halogens is 1. The van der Waals surface area contributed by atoms with Gasteiger partial charge in [0.2, 0.25) is 0 Å². The van der Waals surface area contributed by atoms with E-state index in [2.05, 4.69) is 10.3 Å². The van der Waals surface area contributed by atoms with Gasteiger partial charge in [0.15, 0.2) is 0 Å². The molecule has 0 atom stereocenters. The van der Waals surface area contributed by atoms with Crippen LogP contribution in [0.5, 0.6) is 0 Å². The van der Waals surface area contributed by atoms with Gasteiger partial charge in [0.1, 0.15) is 10.7 Å². The van der Waals surface area contributed by atoms with Gasteiger partial charge in [-0.2, -0.15) is 0 Å². The van der Waals surface area contributed by atoms with E-state index in [0.717, 1.165) is 11.1 Å². The summed E-state index contributed by atoms with van der Waals surface area (Å²) in [6.45, 7) is 2.42. The number of aromatic nitrogens is 1.